The Morgan fingerprint density at radius 1 is 1.21 bits per heavy atom. The number of hydrogen-bond donors (Lipinski definition) is 0. The van der Waals surface area contributed by atoms with Crippen LogP contribution >= 0.6 is 0 Å². The van der Waals surface area contributed by atoms with Crippen molar-refractivity contribution in [3.05, 3.63) is 35.6 Å². The van der Waals surface area contributed by atoms with Crippen LogP contribution in [0.1, 0.15) is 32.8 Å². The Morgan fingerprint density at radius 2 is 1.71 bits per heavy atom. The van der Waals surface area contributed by atoms with E-state index in [1.54, 1.807) is 19.1 Å². The number of benzene rings is 1. The van der Waals surface area contributed by atoms with Crippen molar-refractivity contribution in [1.29, 1.82) is 0 Å². The molecule has 0 bridgehead atoms. The van der Waals surface area contributed by atoms with Gasteiger partial charge in [0.15, 0.2) is 0 Å². The fraction of sp³-hybridized carbons (Fsp3) is 0.417. The van der Waals surface area contributed by atoms with Crippen molar-refractivity contribution in [2.75, 3.05) is 0 Å². The third kappa shape index (κ3) is 5.46. The predicted octanol–water partition coefficient (Wildman–Crippen LogP) is 3.37. The maximum absolute atomic E-state index is 12.4. The second-order valence-electron chi connectivity index (χ2n) is 2.83. The van der Waals surface area contributed by atoms with Crippen LogP contribution in [0, 0.1) is 5.82 Å². The van der Waals surface area contributed by atoms with Crippen LogP contribution in [0.15, 0.2) is 24.3 Å². The molecule has 2 heteroatoms. The standard InChI is InChI=1S/C10H11FO.C2H6/c1-8(12)2-3-9-4-6-10(11)7-5-9;1-2/h4-7H,2-3H2,1H3;1-2H3. The summed E-state index contributed by atoms with van der Waals surface area (Å²) in [6.45, 7) is 5.56. The second-order valence-corrected chi connectivity index (χ2v) is 2.83. The Hall–Kier alpha value is -1.18. The zero-order valence-electron chi connectivity index (χ0n) is 9.01. The number of carbonyl (C=O) groups is 1. The summed E-state index contributed by atoms with van der Waals surface area (Å²) < 4.78 is 12.4. The molecule has 14 heavy (non-hydrogen) atoms. The molecular formula is C12H17FO. The molecule has 0 radical (unpaired) electrons. The first-order chi connectivity index (χ1) is 6.68. The lowest BCUT2D eigenvalue weighted by atomic mass is 10.1. The van der Waals surface area contributed by atoms with E-state index < -0.39 is 0 Å². The Morgan fingerprint density at radius 3 is 2.14 bits per heavy atom. The Bertz CT molecular complexity index is 264. The summed E-state index contributed by atoms with van der Waals surface area (Å²) in [7, 11) is 0. The minimum Gasteiger partial charge on any atom is -0.300 e. The summed E-state index contributed by atoms with van der Waals surface area (Å²) in [5, 5.41) is 0. The van der Waals surface area contributed by atoms with Gasteiger partial charge in [-0.2, -0.15) is 0 Å². The molecule has 0 saturated carbocycles. The minimum atomic E-state index is -0.235. The summed E-state index contributed by atoms with van der Waals surface area (Å²) in [6, 6.07) is 6.24. The Balaban J connectivity index is 0.000000791. The topological polar surface area (TPSA) is 17.1 Å². The number of halogens is 1. The first kappa shape index (κ1) is 12.8. The third-order valence-corrected chi connectivity index (χ3v) is 1.68. The van der Waals surface area contributed by atoms with Crippen LogP contribution < -0.4 is 0 Å². The number of ketones is 1. The maximum atomic E-state index is 12.4. The van der Waals surface area contributed by atoms with E-state index in [0.717, 1.165) is 5.56 Å². The summed E-state index contributed by atoms with van der Waals surface area (Å²) in [5.41, 5.74) is 1.01. The van der Waals surface area contributed by atoms with Crippen molar-refractivity contribution >= 4 is 5.78 Å². The molecule has 0 fully saturated rings. The van der Waals surface area contributed by atoms with Gasteiger partial charge in [-0.3, -0.25) is 0 Å². The number of Topliss-reactive ketones (excluding diaryl/α,β-unsaturated/α-hetero) is 1. The molecule has 1 aromatic carbocycles. The predicted molar refractivity (Wildman–Crippen MR) is 56.8 cm³/mol. The first-order valence-corrected chi connectivity index (χ1v) is 4.92. The number of rotatable bonds is 3. The average molecular weight is 196 g/mol. The van der Waals surface area contributed by atoms with Gasteiger partial charge in [-0.05, 0) is 31.0 Å². The molecule has 0 aliphatic rings. The van der Waals surface area contributed by atoms with Crippen LogP contribution in [0.2, 0.25) is 0 Å². The van der Waals surface area contributed by atoms with Crippen molar-refractivity contribution in [3.8, 4) is 0 Å². The van der Waals surface area contributed by atoms with E-state index in [4.69, 9.17) is 0 Å². The SMILES string of the molecule is CC.CC(=O)CCc1ccc(F)cc1. The minimum absolute atomic E-state index is 0.166. The van der Waals surface area contributed by atoms with Gasteiger partial charge < -0.3 is 4.79 Å². The molecule has 0 amide bonds. The van der Waals surface area contributed by atoms with Gasteiger partial charge in [0.05, 0.1) is 0 Å². The zero-order chi connectivity index (χ0) is 11.0. The van der Waals surface area contributed by atoms with Gasteiger partial charge in [0, 0.05) is 6.42 Å². The van der Waals surface area contributed by atoms with Crippen molar-refractivity contribution in [2.45, 2.75) is 33.6 Å². The fourth-order valence-corrected chi connectivity index (χ4v) is 0.971. The summed E-state index contributed by atoms with van der Waals surface area (Å²) in [5.74, 6) is -0.0686. The van der Waals surface area contributed by atoms with Gasteiger partial charge in [-0.25, -0.2) is 4.39 Å². The van der Waals surface area contributed by atoms with Gasteiger partial charge in [0.2, 0.25) is 0 Å². The number of hydrogen-bond acceptors (Lipinski definition) is 1. The van der Waals surface area contributed by atoms with Crippen molar-refractivity contribution in [2.24, 2.45) is 0 Å². The molecule has 78 valence electrons. The quantitative estimate of drug-likeness (QED) is 0.724. The highest BCUT2D eigenvalue weighted by molar-refractivity contribution is 5.75. The second kappa shape index (κ2) is 7.25. The number of aryl methyl sites for hydroxylation is 1. The summed E-state index contributed by atoms with van der Waals surface area (Å²) in [6.07, 6.45) is 1.24. The van der Waals surface area contributed by atoms with Crippen LogP contribution in [0.5, 0.6) is 0 Å². The maximum Gasteiger partial charge on any atom is 0.130 e. The molecule has 0 aliphatic heterocycles. The molecule has 0 unspecified atom stereocenters. The van der Waals surface area contributed by atoms with Gasteiger partial charge >= 0.3 is 0 Å². The molecular weight excluding hydrogens is 179 g/mol. The van der Waals surface area contributed by atoms with E-state index in [2.05, 4.69) is 0 Å². The molecule has 0 spiro atoms. The van der Waals surface area contributed by atoms with Crippen LogP contribution in [0.4, 0.5) is 4.39 Å². The molecule has 0 aliphatic carbocycles. The van der Waals surface area contributed by atoms with Crippen LogP contribution in [0.25, 0.3) is 0 Å². The Labute approximate surface area is 85.0 Å². The van der Waals surface area contributed by atoms with E-state index >= 15 is 0 Å². The first-order valence-electron chi connectivity index (χ1n) is 4.92. The molecule has 0 aromatic heterocycles. The molecule has 1 rings (SSSR count). The van der Waals surface area contributed by atoms with E-state index in [1.807, 2.05) is 13.8 Å². The summed E-state index contributed by atoms with van der Waals surface area (Å²) in [4.78, 5) is 10.6. The lowest BCUT2D eigenvalue weighted by Gasteiger charge is -1.97. The third-order valence-electron chi connectivity index (χ3n) is 1.68. The van der Waals surface area contributed by atoms with Crippen LogP contribution in [-0.2, 0) is 11.2 Å². The van der Waals surface area contributed by atoms with E-state index in [1.165, 1.54) is 12.1 Å². The molecule has 1 nitrogen and oxygen atoms in total. The highest BCUT2D eigenvalue weighted by atomic mass is 19.1. The van der Waals surface area contributed by atoms with Gasteiger partial charge in [-0.1, -0.05) is 26.0 Å². The largest absolute Gasteiger partial charge is 0.300 e. The highest BCUT2D eigenvalue weighted by Crippen LogP contribution is 2.05. The molecule has 0 saturated heterocycles. The average Bonchev–Trinajstić information content (AvgIpc) is 2.20. The molecule has 0 N–H and O–H groups in total. The lowest BCUT2D eigenvalue weighted by molar-refractivity contribution is -0.116. The zero-order valence-corrected chi connectivity index (χ0v) is 9.01. The van der Waals surface area contributed by atoms with Gasteiger partial charge in [-0.15, -0.1) is 0 Å². The van der Waals surface area contributed by atoms with Gasteiger partial charge in [0.25, 0.3) is 0 Å². The van der Waals surface area contributed by atoms with E-state index in [9.17, 15) is 9.18 Å². The van der Waals surface area contributed by atoms with Crippen molar-refractivity contribution in [3.63, 3.8) is 0 Å². The van der Waals surface area contributed by atoms with Crippen molar-refractivity contribution < 1.29 is 9.18 Å². The molecule has 1 aromatic rings. The van der Waals surface area contributed by atoms with Crippen LogP contribution in [0.3, 0.4) is 0 Å². The van der Waals surface area contributed by atoms with E-state index in [0.29, 0.717) is 12.8 Å². The fourth-order valence-electron chi connectivity index (χ4n) is 0.971. The monoisotopic (exact) mass is 196 g/mol. The highest BCUT2D eigenvalue weighted by Gasteiger charge is 1.96. The lowest BCUT2D eigenvalue weighted by Crippen LogP contribution is -1.93. The van der Waals surface area contributed by atoms with E-state index in [-0.39, 0.29) is 11.6 Å². The number of carbonyl (C=O) groups excluding carboxylic acids is 1. The van der Waals surface area contributed by atoms with Gasteiger partial charge in [0.1, 0.15) is 11.6 Å². The summed E-state index contributed by atoms with van der Waals surface area (Å²) >= 11 is 0. The van der Waals surface area contributed by atoms with Crippen molar-refractivity contribution in [1.82, 2.24) is 0 Å². The smallest absolute Gasteiger partial charge is 0.130 e. The molecule has 0 heterocycles. The Kier molecular flexibility index (Phi) is 6.63. The molecule has 0 atom stereocenters. The normalized spacial score (nSPS) is 8.86. The van der Waals surface area contributed by atoms with Crippen LogP contribution in [-0.4, -0.2) is 5.78 Å².